The van der Waals surface area contributed by atoms with E-state index >= 15 is 0 Å². The van der Waals surface area contributed by atoms with Gasteiger partial charge in [-0.1, -0.05) is 139 Å². The Morgan fingerprint density at radius 1 is 0.526 bits per heavy atom. The summed E-state index contributed by atoms with van der Waals surface area (Å²) in [5.41, 5.74) is 0.00337. The van der Waals surface area contributed by atoms with Crippen molar-refractivity contribution in [2.75, 3.05) is 0 Å². The monoisotopic (exact) mass is 666 g/mol. The highest BCUT2D eigenvalue weighted by Gasteiger charge is 2.66. The van der Waals surface area contributed by atoms with Gasteiger partial charge < -0.3 is 13.6 Å². The molecule has 3 nitrogen and oxygen atoms in total. The van der Waals surface area contributed by atoms with Crippen molar-refractivity contribution in [1.29, 1.82) is 0 Å². The topological polar surface area (TPSA) is 35.5 Å². The highest BCUT2D eigenvalue weighted by Crippen LogP contribution is 2.44. The van der Waals surface area contributed by atoms with E-state index in [-0.39, 0.29) is 17.6 Å². The van der Waals surface area contributed by atoms with E-state index in [1.54, 1.807) is 0 Å². The molecule has 0 heterocycles. The van der Waals surface area contributed by atoms with Gasteiger partial charge in [-0.25, -0.2) is 0 Å². The van der Waals surface area contributed by atoms with Gasteiger partial charge in [-0.05, 0) is 11.8 Å². The normalized spacial score (nSPS) is 17.4. The molecule has 228 valence electrons. The van der Waals surface area contributed by atoms with Crippen molar-refractivity contribution in [3.8, 4) is 0 Å². The van der Waals surface area contributed by atoms with Crippen molar-refractivity contribution in [1.82, 2.24) is 0 Å². The van der Waals surface area contributed by atoms with Gasteiger partial charge in [-0.15, -0.1) is 0 Å². The SMILES string of the molecule is CC(C)(C)[C@@H](C[C@@H](CC=O)O[Si]([Si](C)(C)C)([Si](C)(C)C)[Si](C)(C)C)O[Si]([Si](C)(C)C)([Si](C)(C)C)[Si](C)(C)C. The van der Waals surface area contributed by atoms with Gasteiger partial charge in [-0.2, -0.15) is 0 Å². The van der Waals surface area contributed by atoms with E-state index in [2.05, 4.69) is 139 Å². The van der Waals surface area contributed by atoms with E-state index < -0.39 is 59.3 Å². The van der Waals surface area contributed by atoms with Crippen molar-refractivity contribution in [3.63, 3.8) is 0 Å². The standard InChI is InChI=1S/C27H70O3Si8/c1-27(2,3)26(30-38(34(13,14)15,35(16,17)18)36(19,20)21)24-25(22-23-28)29-37(31(4,5)6,32(7,8)9)33(10,11)12/h23,25-26H,22,24H2,1-21H3/t25-,26-/m1/s1. The van der Waals surface area contributed by atoms with E-state index in [0.717, 1.165) is 12.7 Å². The van der Waals surface area contributed by atoms with Crippen molar-refractivity contribution < 1.29 is 13.6 Å². The van der Waals surface area contributed by atoms with Crippen LogP contribution in [-0.4, -0.2) is 77.8 Å². The third kappa shape index (κ3) is 8.03. The fraction of sp³-hybridized carbons (Fsp3) is 0.963. The molecule has 0 saturated carbocycles. The van der Waals surface area contributed by atoms with Gasteiger partial charge >= 0.3 is 0 Å². The van der Waals surface area contributed by atoms with Gasteiger partial charge in [0.05, 0.1) is 57.8 Å². The molecule has 0 aromatic carbocycles. The molecule has 0 aromatic rings. The van der Waals surface area contributed by atoms with Crippen molar-refractivity contribution in [2.45, 2.75) is 164 Å². The molecule has 0 N–H and O–H groups in total. The Morgan fingerprint density at radius 2 is 0.789 bits per heavy atom. The summed E-state index contributed by atoms with van der Waals surface area (Å²) >= 11 is 0. The van der Waals surface area contributed by atoms with Crippen LogP contribution in [0.15, 0.2) is 0 Å². The van der Waals surface area contributed by atoms with E-state index in [1.807, 2.05) is 0 Å². The quantitative estimate of drug-likeness (QED) is 0.137. The number of hydrogen-bond acceptors (Lipinski definition) is 3. The third-order valence-electron chi connectivity index (χ3n) is 8.80. The molecule has 38 heavy (non-hydrogen) atoms. The largest absolute Gasteiger partial charge is 0.422 e. The minimum absolute atomic E-state index is 0.00337. The van der Waals surface area contributed by atoms with Crippen LogP contribution in [0.3, 0.4) is 0 Å². The zero-order chi connectivity index (χ0) is 31.2. The number of aldehydes is 1. The maximum Gasteiger partial charge on any atom is 0.158 e. The lowest BCUT2D eigenvalue weighted by atomic mass is 9.85. The van der Waals surface area contributed by atoms with Gasteiger partial charge in [0.15, 0.2) is 13.7 Å². The molecule has 0 aliphatic heterocycles. The predicted molar refractivity (Wildman–Crippen MR) is 196 cm³/mol. The first-order chi connectivity index (χ1) is 16.2. The summed E-state index contributed by atoms with van der Waals surface area (Å²) in [4.78, 5) is 12.2. The van der Waals surface area contributed by atoms with Crippen LogP contribution in [0, 0.1) is 5.41 Å². The lowest BCUT2D eigenvalue weighted by Gasteiger charge is -2.59. The molecular weight excluding hydrogens is 597 g/mol. The summed E-state index contributed by atoms with van der Waals surface area (Å²) in [6, 6.07) is 0. The third-order valence-corrected chi connectivity index (χ3v) is 144. The highest BCUT2D eigenvalue weighted by molar-refractivity contribution is 7.88. The summed E-state index contributed by atoms with van der Waals surface area (Å²) in [5.74, 6) is 0. The van der Waals surface area contributed by atoms with Crippen molar-refractivity contribution >= 4 is 65.6 Å². The second-order valence-electron chi connectivity index (χ2n) is 19.2. The lowest BCUT2D eigenvalue weighted by Crippen LogP contribution is -2.85. The van der Waals surface area contributed by atoms with Crippen LogP contribution in [0.2, 0.25) is 118 Å². The molecule has 0 aliphatic carbocycles. The zero-order valence-corrected chi connectivity index (χ0v) is 37.9. The maximum atomic E-state index is 12.2. The molecule has 0 spiro atoms. The van der Waals surface area contributed by atoms with Crippen LogP contribution >= 0.6 is 0 Å². The molecule has 0 bridgehead atoms. The molecule has 0 aliphatic rings. The summed E-state index contributed by atoms with van der Waals surface area (Å²) in [6.07, 6.45) is 2.62. The first-order valence-corrected chi connectivity index (χ1v) is 45.9. The number of hydrogen-bond donors (Lipinski definition) is 0. The maximum absolute atomic E-state index is 12.2. The van der Waals surface area contributed by atoms with E-state index in [4.69, 9.17) is 8.85 Å². The molecule has 0 amide bonds. The molecule has 0 radical (unpaired) electrons. The fourth-order valence-electron chi connectivity index (χ4n) is 9.39. The number of carbonyl (C=O) groups excluding carboxylic acids is 1. The summed E-state index contributed by atoms with van der Waals surface area (Å²) in [7, 11) is -9.65. The first-order valence-electron chi connectivity index (χ1n) is 15.0. The Bertz CT molecular complexity index is 710. The minimum Gasteiger partial charge on any atom is -0.422 e. The Morgan fingerprint density at radius 3 is 1.00 bits per heavy atom. The van der Waals surface area contributed by atoms with Gasteiger partial charge in [0.2, 0.25) is 0 Å². The smallest absolute Gasteiger partial charge is 0.158 e. The Kier molecular flexibility index (Phi) is 12.6. The van der Waals surface area contributed by atoms with Crippen LogP contribution in [0.4, 0.5) is 0 Å². The average molecular weight is 668 g/mol. The molecule has 2 atom stereocenters. The van der Waals surface area contributed by atoms with Gasteiger partial charge in [0.25, 0.3) is 0 Å². The van der Waals surface area contributed by atoms with Crippen LogP contribution < -0.4 is 0 Å². The summed E-state index contributed by atoms with van der Waals surface area (Å²) in [5, 5.41) is 0. The molecule has 0 unspecified atom stereocenters. The second-order valence-corrected chi connectivity index (χ2v) is 98.1. The zero-order valence-electron chi connectivity index (χ0n) is 29.9. The Balaban J connectivity index is 7.14. The Labute approximate surface area is 247 Å². The number of carbonyl (C=O) groups is 1. The predicted octanol–water partition coefficient (Wildman–Crippen LogP) is 9.17. The summed E-state index contributed by atoms with van der Waals surface area (Å²) < 4.78 is 15.7. The van der Waals surface area contributed by atoms with E-state index in [9.17, 15) is 4.79 Å². The van der Waals surface area contributed by atoms with Crippen molar-refractivity contribution in [3.05, 3.63) is 0 Å². The van der Waals surface area contributed by atoms with Gasteiger partial charge in [0.1, 0.15) is 6.29 Å². The van der Waals surface area contributed by atoms with Crippen molar-refractivity contribution in [2.24, 2.45) is 5.41 Å². The van der Waals surface area contributed by atoms with E-state index in [0.29, 0.717) is 6.42 Å². The molecule has 0 aromatic heterocycles. The summed E-state index contributed by atoms with van der Waals surface area (Å²) in [6.45, 7) is 49.6. The fourth-order valence-corrected chi connectivity index (χ4v) is 198. The molecule has 0 saturated heterocycles. The minimum atomic E-state index is -2.06. The van der Waals surface area contributed by atoms with Gasteiger partial charge in [0, 0.05) is 6.42 Å². The highest BCUT2D eigenvalue weighted by atomic mass is 29.9. The van der Waals surface area contributed by atoms with Crippen LogP contribution in [0.25, 0.3) is 0 Å². The molecule has 11 heteroatoms. The van der Waals surface area contributed by atoms with Crippen LogP contribution in [0.5, 0.6) is 0 Å². The Hall–Kier alpha value is 1.33. The molecular formula is C27H70O3Si8. The second kappa shape index (κ2) is 12.1. The first kappa shape index (κ1) is 39.3. The number of rotatable bonds is 14. The van der Waals surface area contributed by atoms with E-state index in [1.165, 1.54) is 0 Å². The molecule has 0 rings (SSSR count). The lowest BCUT2D eigenvalue weighted by molar-refractivity contribution is -0.109. The van der Waals surface area contributed by atoms with Gasteiger partial charge in [-0.3, -0.25) is 0 Å². The van der Waals surface area contributed by atoms with Crippen LogP contribution in [-0.2, 0) is 13.6 Å². The van der Waals surface area contributed by atoms with Crippen LogP contribution in [0.1, 0.15) is 33.6 Å². The average Bonchev–Trinajstić information content (AvgIpc) is 2.54. The molecule has 0 fully saturated rings.